The molecule has 0 spiro atoms. The van der Waals surface area contributed by atoms with Gasteiger partial charge in [0.1, 0.15) is 5.75 Å². The molecule has 0 saturated heterocycles. The van der Waals surface area contributed by atoms with Gasteiger partial charge in [-0.1, -0.05) is 6.07 Å². The SMILES string of the molecule is COc1ccc(/C(C=N)=C/NC(C)C)cc1C. The Labute approximate surface area is 103 Å². The Morgan fingerprint density at radius 1 is 1.41 bits per heavy atom. The lowest BCUT2D eigenvalue weighted by molar-refractivity contribution is 0.411. The Balaban J connectivity index is 3.00. The molecule has 0 fully saturated rings. The first kappa shape index (κ1) is 13.3. The lowest BCUT2D eigenvalue weighted by atomic mass is 10.0. The van der Waals surface area contributed by atoms with Gasteiger partial charge in [0.15, 0.2) is 0 Å². The van der Waals surface area contributed by atoms with E-state index < -0.39 is 0 Å². The van der Waals surface area contributed by atoms with Gasteiger partial charge in [-0.2, -0.15) is 0 Å². The fourth-order valence-electron chi connectivity index (χ4n) is 1.52. The van der Waals surface area contributed by atoms with Crippen LogP contribution in [0.3, 0.4) is 0 Å². The molecule has 92 valence electrons. The minimum absolute atomic E-state index is 0.365. The average Bonchev–Trinajstić information content (AvgIpc) is 2.29. The topological polar surface area (TPSA) is 45.1 Å². The van der Waals surface area contributed by atoms with Crippen LogP contribution >= 0.6 is 0 Å². The lowest BCUT2D eigenvalue weighted by Gasteiger charge is -2.09. The van der Waals surface area contributed by atoms with Gasteiger partial charge in [0.05, 0.1) is 7.11 Å². The maximum Gasteiger partial charge on any atom is 0.121 e. The monoisotopic (exact) mass is 232 g/mol. The number of methoxy groups -OCH3 is 1. The van der Waals surface area contributed by atoms with Gasteiger partial charge < -0.3 is 15.5 Å². The standard InChI is InChI=1S/C14H20N2O/c1-10(2)16-9-13(8-15)12-5-6-14(17-4)11(3)7-12/h5-10,15-16H,1-4H3/b13-9+,15-8?. The molecule has 1 aromatic carbocycles. The molecule has 0 unspecified atom stereocenters. The molecule has 1 rings (SSSR count). The number of benzene rings is 1. The highest BCUT2D eigenvalue weighted by Crippen LogP contribution is 2.22. The maximum atomic E-state index is 7.45. The van der Waals surface area contributed by atoms with Crippen molar-refractivity contribution in [2.24, 2.45) is 0 Å². The summed E-state index contributed by atoms with van der Waals surface area (Å²) >= 11 is 0. The molecule has 0 aliphatic heterocycles. The van der Waals surface area contributed by atoms with E-state index in [1.165, 1.54) is 6.21 Å². The molecular formula is C14H20N2O. The van der Waals surface area contributed by atoms with Crippen LogP contribution < -0.4 is 10.1 Å². The van der Waals surface area contributed by atoms with Crippen LogP contribution in [0.25, 0.3) is 5.57 Å². The molecule has 0 radical (unpaired) electrons. The molecule has 3 heteroatoms. The summed E-state index contributed by atoms with van der Waals surface area (Å²) in [6.45, 7) is 6.13. The van der Waals surface area contributed by atoms with Crippen molar-refractivity contribution in [3.63, 3.8) is 0 Å². The molecule has 0 aromatic heterocycles. The van der Waals surface area contributed by atoms with Crippen LogP contribution in [0.1, 0.15) is 25.0 Å². The van der Waals surface area contributed by atoms with Crippen molar-refractivity contribution in [3.05, 3.63) is 35.5 Å². The third-order valence-electron chi connectivity index (χ3n) is 2.46. The van der Waals surface area contributed by atoms with Crippen LogP contribution in [-0.2, 0) is 0 Å². The van der Waals surface area contributed by atoms with Crippen LogP contribution in [-0.4, -0.2) is 19.4 Å². The largest absolute Gasteiger partial charge is 0.496 e. The zero-order chi connectivity index (χ0) is 12.8. The first-order valence-electron chi connectivity index (χ1n) is 5.70. The number of hydrogen-bond donors (Lipinski definition) is 2. The van der Waals surface area contributed by atoms with E-state index in [-0.39, 0.29) is 0 Å². The molecule has 2 N–H and O–H groups in total. The fourth-order valence-corrected chi connectivity index (χ4v) is 1.52. The van der Waals surface area contributed by atoms with E-state index in [4.69, 9.17) is 10.1 Å². The second-order valence-electron chi connectivity index (χ2n) is 4.25. The molecule has 0 aliphatic carbocycles. The normalized spacial score (nSPS) is 11.5. The van der Waals surface area contributed by atoms with Gasteiger partial charge in [-0.25, -0.2) is 0 Å². The summed E-state index contributed by atoms with van der Waals surface area (Å²) in [5.74, 6) is 0.870. The van der Waals surface area contributed by atoms with Crippen molar-refractivity contribution in [3.8, 4) is 5.75 Å². The molecule has 0 atom stereocenters. The van der Waals surface area contributed by atoms with E-state index in [1.54, 1.807) is 7.11 Å². The number of hydrogen-bond acceptors (Lipinski definition) is 3. The van der Waals surface area contributed by atoms with Gasteiger partial charge in [-0.15, -0.1) is 0 Å². The number of ether oxygens (including phenoxy) is 1. The summed E-state index contributed by atoms with van der Waals surface area (Å²) < 4.78 is 5.22. The van der Waals surface area contributed by atoms with Gasteiger partial charge in [0.25, 0.3) is 0 Å². The smallest absolute Gasteiger partial charge is 0.121 e. The Morgan fingerprint density at radius 2 is 2.12 bits per heavy atom. The summed E-state index contributed by atoms with van der Waals surface area (Å²) in [6.07, 6.45) is 3.23. The Morgan fingerprint density at radius 3 is 2.59 bits per heavy atom. The van der Waals surface area contributed by atoms with E-state index in [0.717, 1.165) is 22.4 Å². The third kappa shape index (κ3) is 3.63. The average molecular weight is 232 g/mol. The van der Waals surface area contributed by atoms with Crippen molar-refractivity contribution < 1.29 is 4.74 Å². The van der Waals surface area contributed by atoms with Gasteiger partial charge in [0, 0.05) is 24.0 Å². The summed E-state index contributed by atoms with van der Waals surface area (Å²) in [7, 11) is 1.66. The quantitative estimate of drug-likeness (QED) is 0.766. The van der Waals surface area contributed by atoms with E-state index in [2.05, 4.69) is 19.2 Å². The number of allylic oxidation sites excluding steroid dienone is 1. The van der Waals surface area contributed by atoms with Gasteiger partial charge >= 0.3 is 0 Å². The van der Waals surface area contributed by atoms with Crippen molar-refractivity contribution in [2.75, 3.05) is 7.11 Å². The van der Waals surface area contributed by atoms with Crippen molar-refractivity contribution in [1.82, 2.24) is 5.32 Å². The highest BCUT2D eigenvalue weighted by Gasteiger charge is 2.03. The Kier molecular flexibility index (Phi) is 4.76. The van der Waals surface area contributed by atoms with Crippen molar-refractivity contribution in [1.29, 1.82) is 5.41 Å². The van der Waals surface area contributed by atoms with Gasteiger partial charge in [-0.3, -0.25) is 0 Å². The van der Waals surface area contributed by atoms with Crippen LogP contribution in [0.5, 0.6) is 5.75 Å². The summed E-state index contributed by atoms with van der Waals surface area (Å²) in [5, 5.41) is 10.6. The lowest BCUT2D eigenvalue weighted by Crippen LogP contribution is -2.16. The van der Waals surface area contributed by atoms with Gasteiger partial charge in [-0.05, 0) is 44.0 Å². The summed E-state index contributed by atoms with van der Waals surface area (Å²) in [4.78, 5) is 0. The van der Waals surface area contributed by atoms with E-state index in [9.17, 15) is 0 Å². The third-order valence-corrected chi connectivity index (χ3v) is 2.46. The van der Waals surface area contributed by atoms with Crippen molar-refractivity contribution >= 4 is 11.8 Å². The zero-order valence-electron chi connectivity index (χ0n) is 10.9. The van der Waals surface area contributed by atoms with Crippen molar-refractivity contribution in [2.45, 2.75) is 26.8 Å². The van der Waals surface area contributed by atoms with Crippen LogP contribution in [0, 0.1) is 12.3 Å². The summed E-state index contributed by atoms with van der Waals surface area (Å²) in [5.41, 5.74) is 2.96. The van der Waals surface area contributed by atoms with Crippen LogP contribution in [0.4, 0.5) is 0 Å². The minimum Gasteiger partial charge on any atom is -0.496 e. The first-order chi connectivity index (χ1) is 8.08. The predicted molar refractivity (Wildman–Crippen MR) is 72.8 cm³/mol. The molecule has 17 heavy (non-hydrogen) atoms. The maximum absolute atomic E-state index is 7.45. The van der Waals surface area contributed by atoms with Crippen LogP contribution in [0.15, 0.2) is 24.4 Å². The number of nitrogens with one attached hydrogen (secondary N) is 2. The number of rotatable bonds is 5. The molecule has 0 aliphatic rings. The highest BCUT2D eigenvalue weighted by molar-refractivity contribution is 6.08. The fraction of sp³-hybridized carbons (Fsp3) is 0.357. The molecule has 0 heterocycles. The summed E-state index contributed by atoms with van der Waals surface area (Å²) in [6, 6.07) is 6.28. The molecule has 0 saturated carbocycles. The second kappa shape index (κ2) is 6.09. The van der Waals surface area contributed by atoms with Crippen LogP contribution in [0.2, 0.25) is 0 Å². The van der Waals surface area contributed by atoms with E-state index >= 15 is 0 Å². The minimum atomic E-state index is 0.365. The number of aryl methyl sites for hydroxylation is 1. The van der Waals surface area contributed by atoms with Gasteiger partial charge in [0.2, 0.25) is 0 Å². The predicted octanol–water partition coefficient (Wildman–Crippen LogP) is 2.99. The molecular weight excluding hydrogens is 212 g/mol. The Bertz CT molecular complexity index is 422. The molecule has 3 nitrogen and oxygen atoms in total. The van der Waals surface area contributed by atoms with E-state index in [1.807, 2.05) is 31.3 Å². The first-order valence-corrected chi connectivity index (χ1v) is 5.70. The molecule has 0 bridgehead atoms. The zero-order valence-corrected chi connectivity index (χ0v) is 10.9. The Hall–Kier alpha value is -1.77. The van der Waals surface area contributed by atoms with E-state index in [0.29, 0.717) is 6.04 Å². The second-order valence-corrected chi connectivity index (χ2v) is 4.25. The molecule has 1 aromatic rings. The molecule has 0 amide bonds. The highest BCUT2D eigenvalue weighted by atomic mass is 16.5.